The molecule has 0 aliphatic heterocycles. The number of nitrogens with two attached hydrogens (primary N) is 1. The highest BCUT2D eigenvalue weighted by molar-refractivity contribution is 5.98. The molecule has 1 aromatic rings. The molecule has 0 saturated heterocycles. The van der Waals surface area contributed by atoms with Gasteiger partial charge in [0.2, 0.25) is 11.8 Å². The zero-order valence-electron chi connectivity index (χ0n) is 18.9. The highest BCUT2D eigenvalue weighted by atomic mass is 16.5. The molecule has 7 N–H and O–H groups in total. The van der Waals surface area contributed by atoms with Crippen molar-refractivity contribution in [2.75, 3.05) is 18.5 Å². The molecule has 0 saturated carbocycles. The number of alkyl carbamates (subject to hydrolysis) is 1. The Bertz CT molecular complexity index is 812. The van der Waals surface area contributed by atoms with Crippen LogP contribution in [0.2, 0.25) is 0 Å². The largest absolute Gasteiger partial charge is 0.445 e. The van der Waals surface area contributed by atoms with Crippen molar-refractivity contribution in [2.45, 2.75) is 45.4 Å². The van der Waals surface area contributed by atoms with E-state index >= 15 is 0 Å². The fourth-order valence-electron chi connectivity index (χ4n) is 2.81. The van der Waals surface area contributed by atoms with Crippen molar-refractivity contribution in [3.05, 3.63) is 42.5 Å². The monoisotopic (exact) mass is 463 g/mol. The molecule has 0 bridgehead atoms. The molecule has 11 heteroatoms. The van der Waals surface area contributed by atoms with Crippen molar-refractivity contribution in [3.63, 3.8) is 0 Å². The molecule has 0 radical (unpaired) electrons. The Morgan fingerprint density at radius 2 is 1.79 bits per heavy atom. The summed E-state index contributed by atoms with van der Waals surface area (Å²) in [7, 11) is 0. The molecule has 33 heavy (non-hydrogen) atoms. The highest BCUT2D eigenvalue weighted by Gasteiger charge is 2.29. The van der Waals surface area contributed by atoms with Crippen molar-refractivity contribution in [1.29, 1.82) is 0 Å². The molecule has 0 aliphatic rings. The molecule has 0 aliphatic carbocycles. The summed E-state index contributed by atoms with van der Waals surface area (Å²) in [5.41, 5.74) is 6.22. The van der Waals surface area contributed by atoms with Crippen LogP contribution in [0.3, 0.4) is 0 Å². The van der Waals surface area contributed by atoms with Gasteiger partial charge in [-0.15, -0.1) is 0 Å². The molecule has 5 amide bonds. The van der Waals surface area contributed by atoms with E-state index < -0.39 is 36.0 Å². The van der Waals surface area contributed by atoms with Gasteiger partial charge < -0.3 is 36.8 Å². The number of amides is 5. The zero-order chi connectivity index (χ0) is 24.8. The topological polar surface area (TPSA) is 172 Å². The molecule has 0 fully saturated rings. The third-order valence-electron chi connectivity index (χ3n) is 4.56. The molecule has 2 atom stereocenters. The molecule has 0 spiro atoms. The lowest BCUT2D eigenvalue weighted by Gasteiger charge is -2.25. The van der Waals surface area contributed by atoms with Crippen LogP contribution in [0.5, 0.6) is 0 Å². The molecule has 0 aromatic heterocycles. The number of carbonyl (C=O) groups excluding carboxylic acids is 4. The Morgan fingerprint density at radius 1 is 1.12 bits per heavy atom. The fourth-order valence-corrected chi connectivity index (χ4v) is 2.81. The number of carbonyl (C=O) groups is 4. The van der Waals surface area contributed by atoms with Gasteiger partial charge in [-0.25, -0.2) is 9.59 Å². The molecular formula is C22H33N5O6. The Morgan fingerprint density at radius 3 is 2.33 bits per heavy atom. The summed E-state index contributed by atoms with van der Waals surface area (Å²) in [5.74, 6) is -1.32. The van der Waals surface area contributed by atoms with Crippen LogP contribution in [0, 0.1) is 5.92 Å². The Kier molecular flexibility index (Phi) is 12.0. The zero-order valence-corrected chi connectivity index (χ0v) is 18.9. The van der Waals surface area contributed by atoms with E-state index in [4.69, 9.17) is 15.6 Å². The summed E-state index contributed by atoms with van der Waals surface area (Å²) >= 11 is 0. The Balaban J connectivity index is 2.89. The van der Waals surface area contributed by atoms with Crippen molar-refractivity contribution in [2.24, 2.45) is 11.7 Å². The second-order valence-electron chi connectivity index (χ2n) is 7.59. The number of hydrogen-bond acceptors (Lipinski definition) is 6. The van der Waals surface area contributed by atoms with Crippen LogP contribution in [-0.2, 0) is 20.9 Å². The first-order valence-electron chi connectivity index (χ1n) is 10.6. The minimum Gasteiger partial charge on any atom is -0.445 e. The van der Waals surface area contributed by atoms with Gasteiger partial charge >= 0.3 is 12.1 Å². The van der Waals surface area contributed by atoms with Crippen LogP contribution in [0.4, 0.5) is 15.3 Å². The lowest BCUT2D eigenvalue weighted by Crippen LogP contribution is -2.54. The summed E-state index contributed by atoms with van der Waals surface area (Å²) in [6.45, 7) is 7.03. The quantitative estimate of drug-likeness (QED) is 0.188. The first kappa shape index (κ1) is 27.4. The van der Waals surface area contributed by atoms with Crippen molar-refractivity contribution in [3.8, 4) is 0 Å². The number of urea groups is 1. The summed E-state index contributed by atoms with van der Waals surface area (Å²) < 4.78 is 4.88. The van der Waals surface area contributed by atoms with E-state index in [1.165, 1.54) is 6.08 Å². The third-order valence-corrected chi connectivity index (χ3v) is 4.56. The number of hydrogen-bond donors (Lipinski definition) is 6. The van der Waals surface area contributed by atoms with Crippen molar-refractivity contribution >= 4 is 29.6 Å². The second kappa shape index (κ2) is 14.5. The standard InChI is InChI=1S/C22H33N5O6/c1-4-12-33-22(32)27-18(14(2)3)20(30)26-17(6-5-11-24-21(23)31)19(29)25-16-9-7-15(13-28)8-10-16/h4,7-10,14,17-18,28H,1,5-6,11-13H2,2-3H3,(H,25,29)(H,26,30)(H,27,32)(H3,23,24,31)/t17?,18-/m0/s1. The number of aliphatic hydroxyl groups excluding tert-OH is 1. The van der Waals surface area contributed by atoms with Gasteiger partial charge in [0.05, 0.1) is 6.61 Å². The van der Waals surface area contributed by atoms with Crippen LogP contribution in [-0.4, -0.2) is 54.3 Å². The number of nitrogens with one attached hydrogen (secondary N) is 4. The predicted molar refractivity (Wildman–Crippen MR) is 123 cm³/mol. The van der Waals surface area contributed by atoms with Crippen molar-refractivity contribution < 1.29 is 29.0 Å². The summed E-state index contributed by atoms with van der Waals surface area (Å²) in [6.07, 6.45) is 1.20. The molecular weight excluding hydrogens is 430 g/mol. The maximum Gasteiger partial charge on any atom is 0.408 e. The van der Waals surface area contributed by atoms with E-state index in [1.807, 2.05) is 0 Å². The highest BCUT2D eigenvalue weighted by Crippen LogP contribution is 2.12. The second-order valence-corrected chi connectivity index (χ2v) is 7.59. The summed E-state index contributed by atoms with van der Waals surface area (Å²) in [5, 5.41) is 19.4. The van der Waals surface area contributed by atoms with Crippen LogP contribution in [0.15, 0.2) is 36.9 Å². The lowest BCUT2D eigenvalue weighted by atomic mass is 10.0. The first-order chi connectivity index (χ1) is 15.7. The van der Waals surface area contributed by atoms with Gasteiger partial charge in [0.1, 0.15) is 18.7 Å². The van der Waals surface area contributed by atoms with Gasteiger partial charge in [-0.3, -0.25) is 9.59 Å². The molecule has 1 aromatic carbocycles. The summed E-state index contributed by atoms with van der Waals surface area (Å²) in [6, 6.07) is 4.00. The normalized spacial score (nSPS) is 12.2. The van der Waals surface area contributed by atoms with E-state index in [9.17, 15) is 19.2 Å². The third kappa shape index (κ3) is 10.5. The number of aliphatic hydroxyl groups is 1. The van der Waals surface area contributed by atoms with Gasteiger partial charge in [0.15, 0.2) is 0 Å². The van der Waals surface area contributed by atoms with Crippen molar-refractivity contribution in [1.82, 2.24) is 16.0 Å². The van der Waals surface area contributed by atoms with E-state index in [0.717, 1.165) is 0 Å². The Hall–Kier alpha value is -3.60. The lowest BCUT2D eigenvalue weighted by molar-refractivity contribution is -0.128. The Labute approximate surface area is 193 Å². The van der Waals surface area contributed by atoms with Gasteiger partial charge in [-0.2, -0.15) is 0 Å². The fraction of sp³-hybridized carbons (Fsp3) is 0.455. The molecule has 11 nitrogen and oxygen atoms in total. The minimum atomic E-state index is -0.947. The van der Waals surface area contributed by atoms with Gasteiger partial charge in [0, 0.05) is 12.2 Å². The smallest absolute Gasteiger partial charge is 0.408 e. The molecule has 1 unspecified atom stereocenters. The summed E-state index contributed by atoms with van der Waals surface area (Å²) in [4.78, 5) is 48.5. The SMILES string of the molecule is C=CCOC(=O)N[C@H](C(=O)NC(CCCNC(N)=O)C(=O)Nc1ccc(CO)cc1)C(C)C. The minimum absolute atomic E-state index is 0.00870. The molecule has 182 valence electrons. The van der Waals surface area contributed by atoms with E-state index in [1.54, 1.807) is 38.1 Å². The maximum absolute atomic E-state index is 12.9. The number of rotatable bonds is 13. The van der Waals surface area contributed by atoms with Crippen LogP contribution < -0.4 is 27.0 Å². The van der Waals surface area contributed by atoms with Crippen LogP contribution in [0.1, 0.15) is 32.3 Å². The number of benzene rings is 1. The number of anilines is 1. The van der Waals surface area contributed by atoms with E-state index in [-0.39, 0.29) is 32.1 Å². The number of ether oxygens (including phenoxy) is 1. The van der Waals surface area contributed by atoms with E-state index in [0.29, 0.717) is 17.7 Å². The molecule has 0 heterocycles. The van der Waals surface area contributed by atoms with E-state index in [2.05, 4.69) is 27.8 Å². The first-order valence-corrected chi connectivity index (χ1v) is 10.6. The van der Waals surface area contributed by atoms with Gasteiger partial charge in [0.25, 0.3) is 0 Å². The average molecular weight is 464 g/mol. The average Bonchev–Trinajstić information content (AvgIpc) is 2.77. The van der Waals surface area contributed by atoms with Crippen LogP contribution in [0.25, 0.3) is 0 Å². The predicted octanol–water partition coefficient (Wildman–Crippen LogP) is 0.988. The van der Waals surface area contributed by atoms with Gasteiger partial charge in [-0.05, 0) is 36.5 Å². The van der Waals surface area contributed by atoms with Gasteiger partial charge in [-0.1, -0.05) is 38.6 Å². The number of primary amides is 1. The maximum atomic E-state index is 12.9. The molecule has 1 rings (SSSR count). The van der Waals surface area contributed by atoms with Crippen LogP contribution >= 0.6 is 0 Å².